The number of nitrogens with two attached hydrogens (primary N) is 1. The Morgan fingerprint density at radius 3 is 2.50 bits per heavy atom. The second kappa shape index (κ2) is 10.3. The lowest BCUT2D eigenvalue weighted by Gasteiger charge is -2.50. The van der Waals surface area contributed by atoms with Gasteiger partial charge < -0.3 is 19.9 Å². The Labute approximate surface area is 202 Å². The van der Waals surface area contributed by atoms with Gasteiger partial charge in [-0.3, -0.25) is 13.9 Å². The molecule has 0 fully saturated rings. The number of nitrogen functional groups attached to an aromatic ring is 1. The van der Waals surface area contributed by atoms with Gasteiger partial charge in [0.2, 0.25) is 0 Å². The molecule has 0 spiro atoms. The van der Waals surface area contributed by atoms with Gasteiger partial charge in [-0.1, -0.05) is 0 Å². The molecule has 0 saturated carbocycles. The van der Waals surface area contributed by atoms with Crippen LogP contribution in [0.15, 0.2) is 23.2 Å². The minimum atomic E-state index is -3.28. The van der Waals surface area contributed by atoms with E-state index < -0.39 is 37.9 Å². The zero-order valence-electron chi connectivity index (χ0n) is 21.4. The van der Waals surface area contributed by atoms with Crippen molar-refractivity contribution in [1.82, 2.24) is 9.62 Å². The largest absolute Gasteiger partial charge is 0.443 e. The van der Waals surface area contributed by atoms with Gasteiger partial charge in [-0.25, -0.2) is 14.1 Å². The third-order valence-corrected chi connectivity index (χ3v) is 9.58. The van der Waals surface area contributed by atoms with Crippen molar-refractivity contribution in [2.24, 2.45) is 4.99 Å². The van der Waals surface area contributed by atoms with Crippen molar-refractivity contribution in [2.75, 3.05) is 45.6 Å². The molecule has 1 aliphatic heterocycles. The number of thiol groups is 1. The summed E-state index contributed by atoms with van der Waals surface area (Å²) in [5, 5.41) is 0. The molecule has 1 atom stereocenters. The molecule has 0 saturated heterocycles. The number of rotatable bonds is 7. The molecule has 3 N–H and O–H groups in total. The van der Waals surface area contributed by atoms with Gasteiger partial charge in [0.1, 0.15) is 24.0 Å². The van der Waals surface area contributed by atoms with Crippen molar-refractivity contribution in [3.05, 3.63) is 29.6 Å². The first-order valence-corrected chi connectivity index (χ1v) is 13.0. The number of hydrogen-bond acceptors (Lipinski definition) is 7. The highest BCUT2D eigenvalue weighted by molar-refractivity contribution is 8.03. The molecule has 0 bridgehead atoms. The SMILES string of the molecule is CN[SH]1(=O)C[C@@](C)(c2cc(N)ccc2F)N=C(N(COCCOC)C(=O)OC(C)(C)C)C1(C)C. The number of anilines is 1. The molecule has 0 aliphatic carbocycles. The summed E-state index contributed by atoms with van der Waals surface area (Å²) in [5.74, 6) is -0.324. The molecule has 11 heteroatoms. The van der Waals surface area contributed by atoms with E-state index in [1.807, 2.05) is 0 Å². The van der Waals surface area contributed by atoms with E-state index in [2.05, 4.69) is 4.72 Å². The molecular weight excluding hydrogens is 463 g/mol. The molecule has 194 valence electrons. The number of aliphatic imine (C=N–C) groups is 1. The number of amidine groups is 1. The Bertz CT molecular complexity index is 979. The molecule has 0 radical (unpaired) electrons. The minimum absolute atomic E-state index is 0.0278. The minimum Gasteiger partial charge on any atom is -0.443 e. The van der Waals surface area contributed by atoms with Crippen molar-refractivity contribution in [3.63, 3.8) is 0 Å². The molecule has 1 amide bonds. The van der Waals surface area contributed by atoms with Crippen molar-refractivity contribution in [3.8, 4) is 0 Å². The quantitative estimate of drug-likeness (QED) is 0.229. The molecule has 2 rings (SSSR count). The fourth-order valence-corrected chi connectivity index (χ4v) is 6.58. The van der Waals surface area contributed by atoms with E-state index in [0.29, 0.717) is 12.3 Å². The van der Waals surface area contributed by atoms with Crippen molar-refractivity contribution in [1.29, 1.82) is 0 Å². The summed E-state index contributed by atoms with van der Waals surface area (Å²) in [5.41, 5.74) is 4.42. The van der Waals surface area contributed by atoms with E-state index in [-0.39, 0.29) is 30.5 Å². The maximum Gasteiger partial charge on any atom is 0.417 e. The third kappa shape index (κ3) is 5.94. The molecule has 0 unspecified atom stereocenters. The van der Waals surface area contributed by atoms with Gasteiger partial charge in [0.25, 0.3) is 0 Å². The van der Waals surface area contributed by atoms with Crippen LogP contribution in [0.25, 0.3) is 0 Å². The number of halogens is 1. The number of amides is 1. The van der Waals surface area contributed by atoms with Gasteiger partial charge in [0.05, 0.1) is 23.5 Å². The van der Waals surface area contributed by atoms with Crippen LogP contribution in [0.4, 0.5) is 14.9 Å². The second-order valence-corrected chi connectivity index (χ2v) is 13.4. The number of nitrogens with one attached hydrogen (secondary N) is 1. The standard InChI is InChI=1S/C23H39FN4O5S/c1-21(2,3)33-20(29)28(15-32-12-11-31-8)19-22(4,5)34(30,26-7)14-23(6,27-19)17-13-16(25)9-10-18(17)24/h9-10,13,34H,11-12,14-15,25H2,1-8H3,(H,26,30)/t23-/m0/s1. The highest BCUT2D eigenvalue weighted by Crippen LogP contribution is 2.42. The van der Waals surface area contributed by atoms with E-state index in [9.17, 15) is 13.4 Å². The van der Waals surface area contributed by atoms with Crippen LogP contribution in [0.2, 0.25) is 0 Å². The fourth-order valence-electron chi connectivity index (χ4n) is 3.86. The molecular formula is C23H39FN4O5S. The van der Waals surface area contributed by atoms with E-state index in [4.69, 9.17) is 24.9 Å². The van der Waals surface area contributed by atoms with Crippen molar-refractivity contribution in [2.45, 2.75) is 57.4 Å². The van der Waals surface area contributed by atoms with Crippen LogP contribution >= 0.6 is 0 Å². The smallest absolute Gasteiger partial charge is 0.417 e. The first kappa shape index (κ1) is 28.2. The number of hydrogen-bond donors (Lipinski definition) is 3. The summed E-state index contributed by atoms with van der Waals surface area (Å²) in [6.45, 7) is 10.7. The number of carbonyl (C=O) groups excluding carboxylic acids is 1. The number of methoxy groups -OCH3 is 1. The highest BCUT2D eigenvalue weighted by atomic mass is 32.3. The Morgan fingerprint density at radius 2 is 1.94 bits per heavy atom. The lowest BCUT2D eigenvalue weighted by molar-refractivity contribution is -0.00308. The molecule has 1 aromatic rings. The number of ether oxygens (including phenoxy) is 3. The molecule has 0 aromatic heterocycles. The molecule has 1 heterocycles. The Balaban J connectivity index is 2.70. The summed E-state index contributed by atoms with van der Waals surface area (Å²) in [4.78, 5) is 19.4. The predicted octanol–water partition coefficient (Wildman–Crippen LogP) is 2.82. The molecule has 1 aliphatic rings. The van der Waals surface area contributed by atoms with Gasteiger partial charge in [-0.05, 0) is 76.9 Å². The van der Waals surface area contributed by atoms with Crippen molar-refractivity contribution >= 4 is 27.7 Å². The summed E-state index contributed by atoms with van der Waals surface area (Å²) in [7, 11) is -0.151. The van der Waals surface area contributed by atoms with Crippen LogP contribution in [-0.4, -0.2) is 71.2 Å². The van der Waals surface area contributed by atoms with Crippen LogP contribution < -0.4 is 10.5 Å². The third-order valence-electron chi connectivity index (χ3n) is 5.79. The van der Waals surface area contributed by atoms with Gasteiger partial charge in [-0.2, -0.15) is 0 Å². The fraction of sp³-hybridized carbons (Fsp3) is 0.652. The van der Waals surface area contributed by atoms with Crippen LogP contribution in [0.5, 0.6) is 0 Å². The summed E-state index contributed by atoms with van der Waals surface area (Å²) in [6, 6.07) is 4.20. The lowest BCUT2D eigenvalue weighted by Crippen LogP contribution is -2.65. The van der Waals surface area contributed by atoms with Crippen LogP contribution in [0.1, 0.15) is 47.1 Å². The van der Waals surface area contributed by atoms with E-state index in [1.165, 1.54) is 30.2 Å². The zero-order valence-corrected chi connectivity index (χ0v) is 22.3. The summed E-state index contributed by atoms with van der Waals surface area (Å²) < 4.78 is 47.4. The Morgan fingerprint density at radius 1 is 1.29 bits per heavy atom. The number of carbonyl (C=O) groups is 1. The second-order valence-electron chi connectivity index (χ2n) is 10.1. The summed E-state index contributed by atoms with van der Waals surface area (Å²) >= 11 is 0. The zero-order chi connectivity index (χ0) is 25.9. The predicted molar refractivity (Wildman–Crippen MR) is 134 cm³/mol. The monoisotopic (exact) mass is 502 g/mol. The maximum atomic E-state index is 15.0. The molecule has 34 heavy (non-hydrogen) atoms. The summed E-state index contributed by atoms with van der Waals surface area (Å²) in [6.07, 6.45) is -0.711. The average Bonchev–Trinajstić information content (AvgIpc) is 2.72. The number of benzene rings is 1. The first-order valence-electron chi connectivity index (χ1n) is 11.1. The maximum absolute atomic E-state index is 15.0. The van der Waals surface area contributed by atoms with Gasteiger partial charge in [0.15, 0.2) is 0 Å². The molecule has 9 nitrogen and oxygen atoms in total. The average molecular weight is 503 g/mol. The first-order chi connectivity index (χ1) is 15.6. The lowest BCUT2D eigenvalue weighted by atomic mass is 9.92. The Hall–Kier alpha value is -2.08. The van der Waals surface area contributed by atoms with Gasteiger partial charge >= 0.3 is 6.09 Å². The molecule has 1 aromatic carbocycles. The van der Waals surface area contributed by atoms with Crippen LogP contribution in [-0.2, 0) is 29.9 Å². The van der Waals surface area contributed by atoms with Gasteiger partial charge in [0, 0.05) is 24.1 Å². The van der Waals surface area contributed by atoms with Crippen LogP contribution in [0.3, 0.4) is 0 Å². The van der Waals surface area contributed by atoms with E-state index in [1.54, 1.807) is 48.6 Å². The highest BCUT2D eigenvalue weighted by Gasteiger charge is 2.52. The Kier molecular flexibility index (Phi) is 8.50. The van der Waals surface area contributed by atoms with Crippen molar-refractivity contribution < 1.29 is 27.6 Å². The van der Waals surface area contributed by atoms with Crippen LogP contribution in [0, 0.1) is 5.82 Å². The topological polar surface area (TPSA) is 115 Å². The van der Waals surface area contributed by atoms with E-state index in [0.717, 1.165) is 0 Å². The van der Waals surface area contributed by atoms with Gasteiger partial charge in [-0.15, -0.1) is 0 Å². The number of nitrogens with zero attached hydrogens (tertiary/aromatic N) is 2. The van der Waals surface area contributed by atoms with E-state index >= 15 is 0 Å². The normalized spacial score (nSPS) is 22.6.